The van der Waals surface area contributed by atoms with Crippen molar-refractivity contribution in [3.05, 3.63) is 16.7 Å². The molecular weight excluding hydrogens is 287 g/mol. The van der Waals surface area contributed by atoms with E-state index < -0.39 is 25.6 Å². The number of anilines is 1. The van der Waals surface area contributed by atoms with Gasteiger partial charge >= 0.3 is 7.60 Å². The first-order valence-electron chi connectivity index (χ1n) is 5.66. The molecule has 112 valence electrons. The molecular formula is C10H17N4O5P. The van der Waals surface area contributed by atoms with Gasteiger partial charge in [-0.05, 0) is 13.6 Å². The van der Waals surface area contributed by atoms with Crippen LogP contribution in [0.4, 0.5) is 11.5 Å². The van der Waals surface area contributed by atoms with Crippen LogP contribution in [-0.4, -0.2) is 52.5 Å². The normalized spacial score (nSPS) is 13.0. The lowest BCUT2D eigenvalue weighted by atomic mass is 10.3. The van der Waals surface area contributed by atoms with Crippen LogP contribution in [0.5, 0.6) is 0 Å². The number of nitrogens with one attached hydrogen (secondary N) is 1. The fourth-order valence-electron chi connectivity index (χ4n) is 1.55. The summed E-state index contributed by atoms with van der Waals surface area (Å²) in [7, 11) is -2.54. The van der Waals surface area contributed by atoms with E-state index in [0.29, 0.717) is 5.82 Å². The molecule has 0 aromatic carbocycles. The standard InChI is InChI=1S/C10H17N4O5P/c1-7(19-6-20(16,17)18)4-14(3)9-8(11-2)10(15)13-5-12-9/h5,7H,2,4,6H2,1,3H3,(H,12,13,15)(H2,16,17,18)/t7-/m1/s1. The average Bonchev–Trinajstić information content (AvgIpc) is 2.35. The van der Waals surface area contributed by atoms with E-state index in [1.807, 2.05) is 0 Å². The molecule has 0 aliphatic heterocycles. The van der Waals surface area contributed by atoms with Gasteiger partial charge in [0.1, 0.15) is 6.35 Å². The molecule has 0 fully saturated rings. The fourth-order valence-corrected chi connectivity index (χ4v) is 2.00. The number of likely N-dealkylation sites (N-methyl/N-ethyl adjacent to an activating group) is 1. The van der Waals surface area contributed by atoms with E-state index in [1.54, 1.807) is 18.9 Å². The monoisotopic (exact) mass is 304 g/mol. The van der Waals surface area contributed by atoms with Crippen molar-refractivity contribution in [1.29, 1.82) is 0 Å². The van der Waals surface area contributed by atoms with Crippen molar-refractivity contribution in [3.8, 4) is 0 Å². The van der Waals surface area contributed by atoms with Gasteiger partial charge in [-0.1, -0.05) is 0 Å². The zero-order valence-electron chi connectivity index (χ0n) is 11.2. The van der Waals surface area contributed by atoms with Crippen molar-refractivity contribution in [2.45, 2.75) is 13.0 Å². The summed E-state index contributed by atoms with van der Waals surface area (Å²) in [5.74, 6) is 0.315. The lowest BCUT2D eigenvalue weighted by molar-refractivity contribution is 0.0934. The van der Waals surface area contributed by atoms with Crippen molar-refractivity contribution in [2.24, 2.45) is 4.99 Å². The second kappa shape index (κ2) is 6.76. The highest BCUT2D eigenvalue weighted by atomic mass is 31.2. The quantitative estimate of drug-likeness (QED) is 0.480. The van der Waals surface area contributed by atoms with Gasteiger partial charge in [0.25, 0.3) is 5.56 Å². The molecule has 1 aromatic heterocycles. The molecule has 0 amide bonds. The minimum absolute atomic E-state index is 0.0807. The Balaban J connectivity index is 2.74. The second-order valence-corrected chi connectivity index (χ2v) is 5.80. The molecule has 0 aliphatic carbocycles. The van der Waals surface area contributed by atoms with Crippen molar-refractivity contribution in [1.82, 2.24) is 9.97 Å². The molecule has 10 heteroatoms. The van der Waals surface area contributed by atoms with Crippen LogP contribution in [0.15, 0.2) is 16.1 Å². The van der Waals surface area contributed by atoms with Crippen molar-refractivity contribution in [3.63, 3.8) is 0 Å². The van der Waals surface area contributed by atoms with Crippen molar-refractivity contribution >= 4 is 25.8 Å². The summed E-state index contributed by atoms with van der Waals surface area (Å²) in [6.45, 7) is 5.24. The molecule has 20 heavy (non-hydrogen) atoms. The van der Waals surface area contributed by atoms with Gasteiger partial charge in [-0.2, -0.15) is 0 Å². The minimum Gasteiger partial charge on any atom is -0.364 e. The molecule has 1 rings (SSSR count). The van der Waals surface area contributed by atoms with Gasteiger partial charge in [0, 0.05) is 13.6 Å². The van der Waals surface area contributed by atoms with Crippen LogP contribution in [0.25, 0.3) is 0 Å². The van der Waals surface area contributed by atoms with Crippen LogP contribution >= 0.6 is 7.60 Å². The zero-order chi connectivity index (χ0) is 15.3. The van der Waals surface area contributed by atoms with Crippen molar-refractivity contribution in [2.75, 3.05) is 24.8 Å². The number of aliphatic imine (C=N–C) groups is 1. The number of aromatic amines is 1. The van der Waals surface area contributed by atoms with E-state index in [0.717, 1.165) is 0 Å². The maximum absolute atomic E-state index is 11.5. The molecule has 0 unspecified atom stereocenters. The van der Waals surface area contributed by atoms with Crippen LogP contribution < -0.4 is 10.5 Å². The van der Waals surface area contributed by atoms with E-state index in [9.17, 15) is 9.36 Å². The largest absolute Gasteiger partial charge is 0.364 e. The summed E-state index contributed by atoms with van der Waals surface area (Å²) in [5, 5.41) is 0. The van der Waals surface area contributed by atoms with E-state index in [-0.39, 0.29) is 12.2 Å². The molecule has 0 bridgehead atoms. The van der Waals surface area contributed by atoms with E-state index in [2.05, 4.69) is 21.7 Å². The minimum atomic E-state index is -4.20. The number of H-pyrrole nitrogens is 1. The van der Waals surface area contributed by atoms with Gasteiger partial charge in [-0.3, -0.25) is 14.4 Å². The smallest absolute Gasteiger partial charge is 0.350 e. The van der Waals surface area contributed by atoms with Crippen LogP contribution in [0.2, 0.25) is 0 Å². The van der Waals surface area contributed by atoms with Crippen molar-refractivity contribution < 1.29 is 19.1 Å². The molecule has 0 radical (unpaired) electrons. The number of nitrogens with zero attached hydrogens (tertiary/aromatic N) is 3. The molecule has 0 spiro atoms. The maximum Gasteiger partial charge on any atom is 0.350 e. The second-order valence-electron chi connectivity index (χ2n) is 4.21. The van der Waals surface area contributed by atoms with Crippen LogP contribution in [0, 0.1) is 0 Å². The highest BCUT2D eigenvalue weighted by Crippen LogP contribution is 2.34. The summed E-state index contributed by atoms with van der Waals surface area (Å²) in [4.78, 5) is 40.6. The van der Waals surface area contributed by atoms with Gasteiger partial charge in [-0.25, -0.2) is 4.98 Å². The van der Waals surface area contributed by atoms with E-state index in [4.69, 9.17) is 14.5 Å². The van der Waals surface area contributed by atoms with Gasteiger partial charge in [0.2, 0.25) is 0 Å². The number of hydrogen-bond donors (Lipinski definition) is 3. The predicted octanol–water partition coefficient (Wildman–Crippen LogP) is 0.0785. The molecule has 3 N–H and O–H groups in total. The first-order valence-corrected chi connectivity index (χ1v) is 7.46. The van der Waals surface area contributed by atoms with E-state index >= 15 is 0 Å². The van der Waals surface area contributed by atoms with Gasteiger partial charge in [0.15, 0.2) is 11.5 Å². The molecule has 0 saturated carbocycles. The van der Waals surface area contributed by atoms with Crippen LogP contribution in [-0.2, 0) is 9.30 Å². The summed E-state index contributed by atoms with van der Waals surface area (Å²) in [6, 6.07) is 0. The number of ether oxygens (including phenoxy) is 1. The Hall–Kier alpha value is -1.54. The van der Waals surface area contributed by atoms with Gasteiger partial charge in [-0.15, -0.1) is 0 Å². The molecule has 9 nitrogen and oxygen atoms in total. The summed E-state index contributed by atoms with van der Waals surface area (Å²) in [6.07, 6.45) is 0.118. The zero-order valence-corrected chi connectivity index (χ0v) is 12.1. The average molecular weight is 304 g/mol. The highest BCUT2D eigenvalue weighted by Gasteiger charge is 2.18. The topological polar surface area (TPSA) is 128 Å². The predicted molar refractivity (Wildman–Crippen MR) is 74.8 cm³/mol. The Morgan fingerprint density at radius 2 is 2.30 bits per heavy atom. The first-order chi connectivity index (χ1) is 9.24. The number of hydrogen-bond acceptors (Lipinski definition) is 6. The van der Waals surface area contributed by atoms with Gasteiger partial charge < -0.3 is 24.4 Å². The van der Waals surface area contributed by atoms with Gasteiger partial charge in [0.05, 0.1) is 12.4 Å². The molecule has 1 aromatic rings. The third kappa shape index (κ3) is 4.86. The first kappa shape index (κ1) is 16.5. The summed E-state index contributed by atoms with van der Waals surface area (Å²) in [5.41, 5.74) is -0.335. The lowest BCUT2D eigenvalue weighted by Crippen LogP contribution is -2.31. The Kier molecular flexibility index (Phi) is 5.58. The lowest BCUT2D eigenvalue weighted by Gasteiger charge is -2.23. The molecule has 0 saturated heterocycles. The third-order valence-corrected chi connectivity index (χ3v) is 2.87. The highest BCUT2D eigenvalue weighted by molar-refractivity contribution is 7.51. The SMILES string of the molecule is C=Nc1c(N(C)C[C@@H](C)OCP(=O)(O)O)nc[nH]c1=O. The Labute approximate surface area is 115 Å². The maximum atomic E-state index is 11.5. The van der Waals surface area contributed by atoms with Crippen LogP contribution in [0.1, 0.15) is 6.92 Å². The Bertz CT molecular complexity index is 569. The summed E-state index contributed by atoms with van der Waals surface area (Å²) >= 11 is 0. The number of rotatable bonds is 7. The summed E-state index contributed by atoms with van der Waals surface area (Å²) < 4.78 is 15.7. The molecule has 1 heterocycles. The van der Waals surface area contributed by atoms with Crippen LogP contribution in [0.3, 0.4) is 0 Å². The number of aromatic nitrogens is 2. The Morgan fingerprint density at radius 3 is 2.85 bits per heavy atom. The molecule has 1 atom stereocenters. The Morgan fingerprint density at radius 1 is 1.65 bits per heavy atom. The van der Waals surface area contributed by atoms with E-state index in [1.165, 1.54) is 6.33 Å². The fraction of sp³-hybridized carbons (Fsp3) is 0.500. The molecule has 0 aliphatic rings. The third-order valence-electron chi connectivity index (χ3n) is 2.39.